The first-order valence-corrected chi connectivity index (χ1v) is 5.02. The Morgan fingerprint density at radius 3 is 2.53 bits per heavy atom. The van der Waals surface area contributed by atoms with Gasteiger partial charge in [0.2, 0.25) is 0 Å². The van der Waals surface area contributed by atoms with Crippen molar-refractivity contribution in [2.45, 2.75) is 19.4 Å². The topological polar surface area (TPSA) is 66.8 Å². The van der Waals surface area contributed by atoms with Crippen LogP contribution in [0.1, 0.15) is 25.0 Å². The molecule has 1 aliphatic rings. The number of aromatic hydroxyl groups is 1. The number of para-hydroxylation sites is 1. The van der Waals surface area contributed by atoms with Gasteiger partial charge in [0.15, 0.2) is 0 Å². The van der Waals surface area contributed by atoms with Crippen LogP contribution >= 0.6 is 0 Å². The van der Waals surface area contributed by atoms with Crippen molar-refractivity contribution >= 4 is 5.97 Å². The molecule has 0 unspecified atom stereocenters. The summed E-state index contributed by atoms with van der Waals surface area (Å²) in [4.78, 5) is 9.00. The molecule has 0 amide bonds. The van der Waals surface area contributed by atoms with E-state index >= 15 is 0 Å². The largest absolute Gasteiger partial charge is 0.508 e. The van der Waals surface area contributed by atoms with Crippen molar-refractivity contribution in [1.82, 2.24) is 0 Å². The molecule has 1 atom stereocenters. The smallest absolute Gasteiger partial charge is 0.300 e. The molecule has 1 fully saturated rings. The van der Waals surface area contributed by atoms with Crippen molar-refractivity contribution in [3.05, 3.63) is 36.2 Å². The summed E-state index contributed by atoms with van der Waals surface area (Å²) in [6.45, 7) is 1.78. The van der Waals surface area contributed by atoms with Crippen LogP contribution in [0.3, 0.4) is 0 Å². The van der Waals surface area contributed by atoms with Crippen LogP contribution in [0, 0.1) is 6.42 Å². The number of carboxylic acids is 1. The van der Waals surface area contributed by atoms with Gasteiger partial charge in [0.25, 0.3) is 5.97 Å². The quantitative estimate of drug-likeness (QED) is 0.612. The fraction of sp³-hybridized carbons (Fsp3) is 0.333. The number of rotatable bonds is 1. The van der Waals surface area contributed by atoms with Gasteiger partial charge >= 0.3 is 0 Å². The number of phenols is 1. The zero-order valence-electron chi connectivity index (χ0n) is 9.41. The Morgan fingerprint density at radius 2 is 2.06 bits per heavy atom. The number of hydrogen-bond acceptors (Lipinski definition) is 3. The Labute approximate surface area is 114 Å². The van der Waals surface area contributed by atoms with E-state index in [9.17, 15) is 5.11 Å². The van der Waals surface area contributed by atoms with Crippen LogP contribution in [-0.2, 0) is 30.0 Å². The molecule has 0 saturated carbocycles. The van der Waals surface area contributed by atoms with Crippen molar-refractivity contribution in [3.63, 3.8) is 0 Å². The average molecular weight is 330 g/mol. The van der Waals surface area contributed by atoms with Gasteiger partial charge in [-0.2, -0.15) is 0 Å². The summed E-state index contributed by atoms with van der Waals surface area (Å²) < 4.78 is 5.40. The normalized spacial score (nSPS) is 17.6. The molecule has 2 N–H and O–H groups in total. The fourth-order valence-corrected chi connectivity index (χ4v) is 1.45. The Morgan fingerprint density at radius 1 is 1.47 bits per heavy atom. The van der Waals surface area contributed by atoms with Crippen LogP contribution in [0.5, 0.6) is 5.75 Å². The molecule has 5 heteroatoms. The molecule has 1 aromatic carbocycles. The predicted molar refractivity (Wildman–Crippen MR) is 59.0 cm³/mol. The molecular formula is C12H15O4Pd-. The van der Waals surface area contributed by atoms with E-state index < -0.39 is 5.97 Å². The molecule has 0 bridgehead atoms. The summed E-state index contributed by atoms with van der Waals surface area (Å²) in [5.74, 6) is -0.502. The van der Waals surface area contributed by atoms with Gasteiger partial charge in [-0.05, 0) is 6.07 Å². The Balaban J connectivity index is 0.000000453. The average Bonchev–Trinajstić information content (AvgIpc) is 2.70. The van der Waals surface area contributed by atoms with E-state index in [2.05, 4.69) is 6.42 Å². The van der Waals surface area contributed by atoms with Gasteiger partial charge in [0.05, 0.1) is 6.10 Å². The molecule has 1 saturated heterocycles. The first kappa shape index (κ1) is 16.1. The zero-order valence-corrected chi connectivity index (χ0v) is 11.0. The molecule has 0 aromatic heterocycles. The molecule has 0 spiro atoms. The van der Waals surface area contributed by atoms with E-state index in [1.165, 1.54) is 0 Å². The second kappa shape index (κ2) is 8.24. The number of carbonyl (C=O) groups is 1. The monoisotopic (exact) mass is 329 g/mol. The molecule has 1 aromatic rings. The third-order valence-electron chi connectivity index (χ3n) is 2.08. The number of aliphatic carboxylic acids is 1. The maximum Gasteiger partial charge on any atom is 0.300 e. The second-order valence-electron chi connectivity index (χ2n) is 3.42. The predicted octanol–water partition coefficient (Wildman–Crippen LogP) is 2.15. The van der Waals surface area contributed by atoms with Crippen molar-refractivity contribution in [1.29, 1.82) is 0 Å². The summed E-state index contributed by atoms with van der Waals surface area (Å²) in [5, 5.41) is 16.9. The van der Waals surface area contributed by atoms with Gasteiger partial charge in [0.1, 0.15) is 5.75 Å². The minimum absolute atomic E-state index is 0. The second-order valence-corrected chi connectivity index (χ2v) is 3.42. The number of hydrogen-bond donors (Lipinski definition) is 2. The number of carboxylic acid groups (broad SMARTS) is 1. The van der Waals surface area contributed by atoms with E-state index in [1.54, 1.807) is 6.07 Å². The summed E-state index contributed by atoms with van der Waals surface area (Å²) in [7, 11) is 0. The Bertz CT molecular complexity index is 344. The molecule has 1 heterocycles. The van der Waals surface area contributed by atoms with Crippen molar-refractivity contribution in [2.75, 3.05) is 6.61 Å². The van der Waals surface area contributed by atoms with Gasteiger partial charge in [-0.25, -0.2) is 0 Å². The van der Waals surface area contributed by atoms with E-state index in [1.807, 2.05) is 18.2 Å². The molecule has 98 valence electrons. The van der Waals surface area contributed by atoms with Gasteiger partial charge < -0.3 is 21.4 Å². The van der Waals surface area contributed by atoms with Crippen molar-refractivity contribution < 1.29 is 40.2 Å². The Hall–Kier alpha value is -0.888. The maximum atomic E-state index is 9.48. The third-order valence-corrected chi connectivity index (χ3v) is 2.08. The molecule has 1 aliphatic heterocycles. The SMILES string of the molecule is CC(=O)O.Oc1ccccc1[C@H]1C[CH-]CO1.[Pd]. The minimum atomic E-state index is -0.833. The molecule has 0 radical (unpaired) electrons. The molecule has 0 aliphatic carbocycles. The number of ether oxygens (including phenoxy) is 1. The summed E-state index contributed by atoms with van der Waals surface area (Å²) in [6, 6.07) is 7.32. The Kier molecular flexibility index (Phi) is 7.81. The van der Waals surface area contributed by atoms with Gasteiger partial charge in [-0.15, -0.1) is 6.42 Å². The van der Waals surface area contributed by atoms with Gasteiger partial charge in [0, 0.05) is 32.9 Å². The minimum Gasteiger partial charge on any atom is -0.508 e. The third kappa shape index (κ3) is 5.83. The first-order chi connectivity index (χ1) is 7.61. The zero-order chi connectivity index (χ0) is 12.0. The van der Waals surface area contributed by atoms with Crippen LogP contribution < -0.4 is 0 Å². The van der Waals surface area contributed by atoms with Crippen LogP contribution in [-0.4, -0.2) is 22.8 Å². The van der Waals surface area contributed by atoms with Crippen LogP contribution in [0.4, 0.5) is 0 Å². The van der Waals surface area contributed by atoms with Crippen molar-refractivity contribution in [2.24, 2.45) is 0 Å². The van der Waals surface area contributed by atoms with E-state index in [-0.39, 0.29) is 26.5 Å². The maximum absolute atomic E-state index is 9.48. The van der Waals surface area contributed by atoms with Crippen LogP contribution in [0.25, 0.3) is 0 Å². The van der Waals surface area contributed by atoms with Crippen LogP contribution in [0.2, 0.25) is 0 Å². The van der Waals surface area contributed by atoms with E-state index in [0.717, 1.165) is 18.9 Å². The summed E-state index contributed by atoms with van der Waals surface area (Å²) in [5.41, 5.74) is 0.895. The number of benzene rings is 1. The first-order valence-electron chi connectivity index (χ1n) is 5.02. The molecule has 17 heavy (non-hydrogen) atoms. The molecular weight excluding hydrogens is 315 g/mol. The fourth-order valence-electron chi connectivity index (χ4n) is 1.45. The van der Waals surface area contributed by atoms with Crippen molar-refractivity contribution in [3.8, 4) is 5.75 Å². The molecule has 2 rings (SSSR count). The van der Waals surface area contributed by atoms with Crippen LogP contribution in [0.15, 0.2) is 24.3 Å². The summed E-state index contributed by atoms with van der Waals surface area (Å²) in [6.07, 6.45) is 3.04. The van der Waals surface area contributed by atoms with E-state index in [0.29, 0.717) is 12.4 Å². The number of phenolic OH excluding ortho intramolecular Hbond substituents is 1. The summed E-state index contributed by atoms with van der Waals surface area (Å²) >= 11 is 0. The van der Waals surface area contributed by atoms with Gasteiger partial charge in [-0.3, -0.25) is 4.79 Å². The van der Waals surface area contributed by atoms with E-state index in [4.69, 9.17) is 14.6 Å². The standard InChI is InChI=1S/C10H11O2.C2H4O2.Pd/c11-9-5-2-1-4-8(9)10-6-3-7-12-10;1-2(3)4;/h1-5,10-11H,6-7H2;1H3,(H,3,4);/q-1;;/t10-;;/m1../s1. The van der Waals surface area contributed by atoms with Gasteiger partial charge in [-0.1, -0.05) is 24.8 Å². The molecule has 4 nitrogen and oxygen atoms in total.